The van der Waals surface area contributed by atoms with E-state index in [2.05, 4.69) is 10.3 Å². The lowest BCUT2D eigenvalue weighted by atomic mass is 10.1. The van der Waals surface area contributed by atoms with Crippen LogP contribution in [-0.4, -0.2) is 25.1 Å². The number of nitrogens with one attached hydrogen (secondary N) is 1. The fourth-order valence-corrected chi connectivity index (χ4v) is 3.70. The van der Waals surface area contributed by atoms with E-state index in [1.54, 1.807) is 26.5 Å². The number of rotatable bonds is 5. The molecule has 2 heterocycles. The molecule has 0 saturated carbocycles. The van der Waals surface area contributed by atoms with E-state index in [1.165, 1.54) is 11.3 Å². The van der Waals surface area contributed by atoms with Gasteiger partial charge in [-0.05, 0) is 24.3 Å². The van der Waals surface area contributed by atoms with Crippen molar-refractivity contribution in [3.63, 3.8) is 0 Å². The van der Waals surface area contributed by atoms with Gasteiger partial charge in [0.2, 0.25) is 5.91 Å². The van der Waals surface area contributed by atoms with Crippen molar-refractivity contribution in [1.29, 1.82) is 0 Å². The highest BCUT2D eigenvalue weighted by Gasteiger charge is 2.14. The number of thiazole rings is 1. The monoisotopic (exact) mass is 368 g/mol. The average Bonchev–Trinajstić information content (AvgIpc) is 3.24. The third-order valence-electron chi connectivity index (χ3n) is 4.06. The number of anilines is 1. The summed E-state index contributed by atoms with van der Waals surface area (Å²) in [7, 11) is 3.21. The van der Waals surface area contributed by atoms with Crippen LogP contribution in [-0.2, 0) is 11.2 Å². The quantitative estimate of drug-likeness (QED) is 0.570. The highest BCUT2D eigenvalue weighted by molar-refractivity contribution is 7.22. The lowest BCUT2D eigenvalue weighted by Gasteiger charge is -2.01. The first-order valence-electron chi connectivity index (χ1n) is 7.95. The second-order valence-corrected chi connectivity index (χ2v) is 6.70. The Kier molecular flexibility index (Phi) is 4.22. The number of aromatic nitrogens is 1. The van der Waals surface area contributed by atoms with Crippen LogP contribution in [0.1, 0.15) is 5.56 Å². The zero-order valence-electron chi connectivity index (χ0n) is 14.2. The molecule has 0 aliphatic rings. The zero-order valence-corrected chi connectivity index (χ0v) is 15.1. The van der Waals surface area contributed by atoms with Crippen LogP contribution in [0.15, 0.2) is 47.1 Å². The SMILES string of the molecule is COc1ccc2c(CC(=O)Nc3nc4c(OC)cccc4s3)coc2c1. The van der Waals surface area contributed by atoms with Gasteiger partial charge in [0, 0.05) is 17.0 Å². The summed E-state index contributed by atoms with van der Waals surface area (Å²) in [5.74, 6) is 1.25. The molecule has 0 bridgehead atoms. The Labute approximate surface area is 153 Å². The summed E-state index contributed by atoms with van der Waals surface area (Å²) in [5.41, 5.74) is 2.26. The molecule has 7 heteroatoms. The molecular formula is C19H16N2O4S. The van der Waals surface area contributed by atoms with E-state index >= 15 is 0 Å². The summed E-state index contributed by atoms with van der Waals surface area (Å²) in [4.78, 5) is 16.9. The second-order valence-electron chi connectivity index (χ2n) is 5.67. The van der Waals surface area contributed by atoms with Crippen LogP contribution in [0.5, 0.6) is 11.5 Å². The summed E-state index contributed by atoms with van der Waals surface area (Å²) >= 11 is 1.41. The number of nitrogens with zero attached hydrogens (tertiary/aromatic N) is 1. The van der Waals surface area contributed by atoms with Gasteiger partial charge in [-0.3, -0.25) is 4.79 Å². The molecule has 0 aliphatic heterocycles. The van der Waals surface area contributed by atoms with E-state index in [9.17, 15) is 4.79 Å². The Morgan fingerprint density at radius 3 is 2.92 bits per heavy atom. The number of furan rings is 1. The van der Waals surface area contributed by atoms with Gasteiger partial charge in [0.05, 0.1) is 31.6 Å². The van der Waals surface area contributed by atoms with Gasteiger partial charge in [-0.2, -0.15) is 0 Å². The molecule has 2 aromatic heterocycles. The number of methoxy groups -OCH3 is 2. The molecule has 4 aromatic rings. The number of hydrogen-bond donors (Lipinski definition) is 1. The van der Waals surface area contributed by atoms with Crippen molar-refractivity contribution in [2.24, 2.45) is 0 Å². The van der Waals surface area contributed by atoms with Gasteiger partial charge in [0.25, 0.3) is 0 Å². The smallest absolute Gasteiger partial charge is 0.230 e. The molecule has 26 heavy (non-hydrogen) atoms. The first kappa shape index (κ1) is 16.4. The molecule has 0 radical (unpaired) electrons. The minimum absolute atomic E-state index is 0.151. The fraction of sp³-hybridized carbons (Fsp3) is 0.158. The summed E-state index contributed by atoms with van der Waals surface area (Å²) in [6.07, 6.45) is 1.80. The molecule has 6 nitrogen and oxygen atoms in total. The van der Waals surface area contributed by atoms with Crippen molar-refractivity contribution < 1.29 is 18.7 Å². The van der Waals surface area contributed by atoms with Crippen molar-refractivity contribution in [2.45, 2.75) is 6.42 Å². The number of para-hydroxylation sites is 1. The van der Waals surface area contributed by atoms with E-state index in [0.717, 1.165) is 21.2 Å². The van der Waals surface area contributed by atoms with Crippen molar-refractivity contribution in [1.82, 2.24) is 4.98 Å². The lowest BCUT2D eigenvalue weighted by molar-refractivity contribution is -0.115. The lowest BCUT2D eigenvalue weighted by Crippen LogP contribution is -2.13. The number of carbonyl (C=O) groups is 1. The third-order valence-corrected chi connectivity index (χ3v) is 5.00. The Hall–Kier alpha value is -3.06. The van der Waals surface area contributed by atoms with E-state index < -0.39 is 0 Å². The summed E-state index contributed by atoms with van der Waals surface area (Å²) in [6, 6.07) is 11.2. The topological polar surface area (TPSA) is 73.6 Å². The van der Waals surface area contributed by atoms with Gasteiger partial charge in [-0.25, -0.2) is 4.98 Å². The molecule has 1 amide bonds. The first-order valence-corrected chi connectivity index (χ1v) is 8.77. The van der Waals surface area contributed by atoms with Gasteiger partial charge < -0.3 is 19.2 Å². The van der Waals surface area contributed by atoms with E-state index in [-0.39, 0.29) is 12.3 Å². The van der Waals surface area contributed by atoms with Crippen LogP contribution in [0, 0.1) is 0 Å². The molecular weight excluding hydrogens is 352 g/mol. The molecule has 0 unspecified atom stereocenters. The molecule has 4 rings (SSSR count). The van der Waals surface area contributed by atoms with Crippen LogP contribution in [0.2, 0.25) is 0 Å². The third kappa shape index (κ3) is 2.97. The number of hydrogen-bond acceptors (Lipinski definition) is 6. The fourth-order valence-electron chi connectivity index (χ4n) is 2.81. The molecule has 0 aliphatic carbocycles. The molecule has 2 aromatic carbocycles. The van der Waals surface area contributed by atoms with Gasteiger partial charge in [-0.15, -0.1) is 0 Å². The van der Waals surface area contributed by atoms with Crippen LogP contribution in [0.4, 0.5) is 5.13 Å². The summed E-state index contributed by atoms with van der Waals surface area (Å²) < 4.78 is 17.0. The number of ether oxygens (including phenoxy) is 2. The van der Waals surface area contributed by atoms with E-state index in [4.69, 9.17) is 13.9 Å². The van der Waals surface area contributed by atoms with Crippen LogP contribution >= 0.6 is 11.3 Å². The predicted molar refractivity (Wildman–Crippen MR) is 101 cm³/mol. The van der Waals surface area contributed by atoms with E-state index in [0.29, 0.717) is 22.2 Å². The van der Waals surface area contributed by atoms with Gasteiger partial charge in [0.1, 0.15) is 22.6 Å². The zero-order chi connectivity index (χ0) is 18.1. The average molecular weight is 368 g/mol. The van der Waals surface area contributed by atoms with Crippen molar-refractivity contribution >= 4 is 43.6 Å². The predicted octanol–water partition coefficient (Wildman–Crippen LogP) is 4.24. The minimum atomic E-state index is -0.151. The Morgan fingerprint density at radius 1 is 1.23 bits per heavy atom. The molecule has 0 atom stereocenters. The Bertz CT molecular complexity index is 1100. The number of amides is 1. The molecule has 0 saturated heterocycles. The van der Waals surface area contributed by atoms with Crippen LogP contribution in [0.3, 0.4) is 0 Å². The number of carbonyl (C=O) groups excluding carboxylic acids is 1. The molecule has 0 fully saturated rings. The Morgan fingerprint density at radius 2 is 2.12 bits per heavy atom. The summed E-state index contributed by atoms with van der Waals surface area (Å²) in [6.45, 7) is 0. The second kappa shape index (κ2) is 6.68. The summed E-state index contributed by atoms with van der Waals surface area (Å²) in [5, 5.41) is 4.30. The number of benzene rings is 2. The van der Waals surface area contributed by atoms with E-state index in [1.807, 2.05) is 30.3 Å². The molecule has 0 spiro atoms. The van der Waals surface area contributed by atoms with Crippen molar-refractivity contribution in [3.05, 3.63) is 48.2 Å². The highest BCUT2D eigenvalue weighted by Crippen LogP contribution is 2.32. The van der Waals surface area contributed by atoms with Crippen LogP contribution in [0.25, 0.3) is 21.2 Å². The van der Waals surface area contributed by atoms with Crippen molar-refractivity contribution in [3.8, 4) is 11.5 Å². The van der Waals surface area contributed by atoms with Gasteiger partial charge in [0.15, 0.2) is 5.13 Å². The highest BCUT2D eigenvalue weighted by atomic mass is 32.1. The maximum atomic E-state index is 12.4. The minimum Gasteiger partial charge on any atom is -0.497 e. The van der Waals surface area contributed by atoms with Crippen molar-refractivity contribution in [2.75, 3.05) is 19.5 Å². The first-order chi connectivity index (χ1) is 12.7. The standard InChI is InChI=1S/C19H16N2O4S/c1-23-12-6-7-13-11(10-25-15(13)9-12)8-17(22)20-19-21-18-14(24-2)4-3-5-16(18)26-19/h3-7,9-10H,8H2,1-2H3,(H,20,21,22). The van der Waals surface area contributed by atoms with Gasteiger partial charge >= 0.3 is 0 Å². The number of fused-ring (bicyclic) bond motifs is 2. The normalized spacial score (nSPS) is 11.0. The maximum absolute atomic E-state index is 12.4. The Balaban J connectivity index is 1.54. The van der Waals surface area contributed by atoms with Gasteiger partial charge in [-0.1, -0.05) is 17.4 Å². The largest absolute Gasteiger partial charge is 0.497 e. The molecule has 132 valence electrons. The maximum Gasteiger partial charge on any atom is 0.230 e. The van der Waals surface area contributed by atoms with Crippen LogP contribution < -0.4 is 14.8 Å². The molecule has 1 N–H and O–H groups in total.